The zero-order valence-corrected chi connectivity index (χ0v) is 16.8. The molecule has 4 nitrogen and oxygen atoms in total. The number of hydrogen-bond acceptors (Lipinski definition) is 4. The van der Waals surface area contributed by atoms with E-state index in [9.17, 15) is 13.2 Å². The molecule has 0 saturated heterocycles. The van der Waals surface area contributed by atoms with Crippen molar-refractivity contribution in [1.29, 1.82) is 0 Å². The quantitative estimate of drug-likeness (QED) is 0.426. The molecule has 0 aliphatic carbocycles. The monoisotopic (exact) mass is 504 g/mol. The number of anilines is 4. The van der Waals surface area contributed by atoms with Gasteiger partial charge in [0.1, 0.15) is 5.56 Å². The van der Waals surface area contributed by atoms with Crippen molar-refractivity contribution >= 4 is 57.3 Å². The van der Waals surface area contributed by atoms with Crippen molar-refractivity contribution in [2.45, 2.75) is 6.18 Å². The predicted octanol–water partition coefficient (Wildman–Crippen LogP) is 6.26. The van der Waals surface area contributed by atoms with E-state index in [4.69, 9.17) is 11.6 Å². The second kappa shape index (κ2) is 7.89. The van der Waals surface area contributed by atoms with Crippen LogP contribution < -0.4 is 10.2 Å². The summed E-state index contributed by atoms with van der Waals surface area (Å²) in [6.07, 6.45) is -3.80. The van der Waals surface area contributed by atoms with Crippen molar-refractivity contribution in [2.75, 3.05) is 17.3 Å². The molecule has 27 heavy (non-hydrogen) atoms. The van der Waals surface area contributed by atoms with E-state index in [-0.39, 0.29) is 11.8 Å². The van der Waals surface area contributed by atoms with E-state index >= 15 is 0 Å². The first-order valence-corrected chi connectivity index (χ1v) is 9.16. The van der Waals surface area contributed by atoms with E-state index in [1.54, 1.807) is 36.4 Å². The average Bonchev–Trinajstić information content (AvgIpc) is 2.63. The topological polar surface area (TPSA) is 41.1 Å². The van der Waals surface area contributed by atoms with Crippen LogP contribution in [0.3, 0.4) is 0 Å². The predicted molar refractivity (Wildman–Crippen MR) is 109 cm³/mol. The van der Waals surface area contributed by atoms with Gasteiger partial charge in [-0.15, -0.1) is 0 Å². The lowest BCUT2D eigenvalue weighted by molar-refractivity contribution is -0.137. The van der Waals surface area contributed by atoms with Crippen LogP contribution in [0.15, 0.2) is 54.7 Å². The standard InChI is InChI=1S/C18H13ClF3IN4/c1-27(14-8-2-11(19)3-9-14)16-15(18(20,21)22)10-24-17(26-16)25-13-6-4-12(23)5-7-13/h2-10H,1H3,(H,24,25,26). The van der Waals surface area contributed by atoms with Gasteiger partial charge in [0.25, 0.3) is 0 Å². The summed E-state index contributed by atoms with van der Waals surface area (Å²) in [5.41, 5.74) is 0.271. The van der Waals surface area contributed by atoms with Crippen molar-refractivity contribution in [3.8, 4) is 0 Å². The van der Waals surface area contributed by atoms with Crippen molar-refractivity contribution in [3.63, 3.8) is 0 Å². The van der Waals surface area contributed by atoms with Crippen LogP contribution in [0.5, 0.6) is 0 Å². The van der Waals surface area contributed by atoms with Crippen LogP contribution >= 0.6 is 34.2 Å². The van der Waals surface area contributed by atoms with Crippen molar-refractivity contribution in [3.05, 3.63) is 68.9 Å². The molecular weight excluding hydrogens is 492 g/mol. The van der Waals surface area contributed by atoms with E-state index < -0.39 is 11.7 Å². The number of rotatable bonds is 4. The Morgan fingerprint density at radius 3 is 2.26 bits per heavy atom. The minimum absolute atomic E-state index is 0.0695. The first-order chi connectivity index (χ1) is 12.7. The Kier molecular flexibility index (Phi) is 5.75. The van der Waals surface area contributed by atoms with Gasteiger partial charge in [0.05, 0.1) is 0 Å². The second-order valence-corrected chi connectivity index (χ2v) is 7.28. The first kappa shape index (κ1) is 19.7. The third-order valence-electron chi connectivity index (χ3n) is 3.71. The maximum Gasteiger partial charge on any atom is 0.421 e. The fourth-order valence-electron chi connectivity index (χ4n) is 2.34. The lowest BCUT2D eigenvalue weighted by Gasteiger charge is -2.23. The molecule has 0 radical (unpaired) electrons. The Hall–Kier alpha value is -2.07. The van der Waals surface area contributed by atoms with Crippen LogP contribution in [-0.4, -0.2) is 17.0 Å². The molecule has 0 spiro atoms. The van der Waals surface area contributed by atoms with E-state index in [0.717, 1.165) is 9.77 Å². The summed E-state index contributed by atoms with van der Waals surface area (Å²) >= 11 is 8.02. The van der Waals surface area contributed by atoms with Crippen LogP contribution in [0.2, 0.25) is 5.02 Å². The highest BCUT2D eigenvalue weighted by Crippen LogP contribution is 2.37. The van der Waals surface area contributed by atoms with E-state index in [2.05, 4.69) is 37.9 Å². The minimum atomic E-state index is -4.59. The highest BCUT2D eigenvalue weighted by molar-refractivity contribution is 14.1. The minimum Gasteiger partial charge on any atom is -0.329 e. The van der Waals surface area contributed by atoms with Crippen LogP contribution in [0.1, 0.15) is 5.56 Å². The number of benzene rings is 2. The number of nitrogens with one attached hydrogen (secondary N) is 1. The lowest BCUT2D eigenvalue weighted by Crippen LogP contribution is -2.19. The Labute approximate surface area is 172 Å². The molecule has 0 fully saturated rings. The van der Waals surface area contributed by atoms with Gasteiger partial charge in [0, 0.05) is 33.2 Å². The van der Waals surface area contributed by atoms with Crippen molar-refractivity contribution < 1.29 is 13.2 Å². The van der Waals surface area contributed by atoms with Crippen LogP contribution in [0.4, 0.5) is 36.3 Å². The normalized spacial score (nSPS) is 11.3. The summed E-state index contributed by atoms with van der Waals surface area (Å²) in [6, 6.07) is 13.8. The molecule has 1 aromatic heterocycles. The first-order valence-electron chi connectivity index (χ1n) is 7.70. The molecular formula is C18H13ClF3IN4. The third kappa shape index (κ3) is 4.81. The molecule has 0 unspecified atom stereocenters. The number of alkyl halides is 3. The fourth-order valence-corrected chi connectivity index (χ4v) is 2.82. The highest BCUT2D eigenvalue weighted by Gasteiger charge is 2.36. The maximum absolute atomic E-state index is 13.4. The number of halogens is 5. The fraction of sp³-hybridized carbons (Fsp3) is 0.111. The molecule has 140 valence electrons. The maximum atomic E-state index is 13.4. The molecule has 3 rings (SSSR count). The molecule has 9 heteroatoms. The molecule has 0 saturated carbocycles. The Morgan fingerprint density at radius 1 is 1.04 bits per heavy atom. The van der Waals surface area contributed by atoms with Gasteiger partial charge in [-0.25, -0.2) is 4.98 Å². The summed E-state index contributed by atoms with van der Waals surface area (Å²) in [4.78, 5) is 9.27. The lowest BCUT2D eigenvalue weighted by atomic mass is 10.2. The van der Waals surface area contributed by atoms with E-state index in [1.807, 2.05) is 12.1 Å². The van der Waals surface area contributed by atoms with E-state index in [0.29, 0.717) is 16.4 Å². The zero-order valence-electron chi connectivity index (χ0n) is 13.9. The van der Waals surface area contributed by atoms with Crippen LogP contribution in [0.25, 0.3) is 0 Å². The summed E-state index contributed by atoms with van der Waals surface area (Å²) in [5.74, 6) is -0.187. The van der Waals surface area contributed by atoms with Crippen LogP contribution in [0, 0.1) is 3.57 Å². The zero-order chi connectivity index (χ0) is 19.6. The summed E-state index contributed by atoms with van der Waals surface area (Å²) in [7, 11) is 1.51. The number of nitrogens with zero attached hydrogens (tertiary/aromatic N) is 3. The molecule has 0 atom stereocenters. The largest absolute Gasteiger partial charge is 0.421 e. The molecule has 3 aromatic rings. The van der Waals surface area contributed by atoms with Crippen LogP contribution in [-0.2, 0) is 6.18 Å². The molecule has 1 heterocycles. The molecule has 0 amide bonds. The van der Waals surface area contributed by atoms with Crippen molar-refractivity contribution in [1.82, 2.24) is 9.97 Å². The van der Waals surface area contributed by atoms with Gasteiger partial charge >= 0.3 is 6.18 Å². The van der Waals surface area contributed by atoms with Gasteiger partial charge < -0.3 is 10.2 Å². The summed E-state index contributed by atoms with van der Waals surface area (Å²) in [5, 5.41) is 3.42. The molecule has 2 aromatic carbocycles. The molecule has 0 aliphatic heterocycles. The van der Waals surface area contributed by atoms with Gasteiger partial charge in [-0.2, -0.15) is 18.2 Å². The number of hydrogen-bond donors (Lipinski definition) is 1. The van der Waals surface area contributed by atoms with Gasteiger partial charge in [-0.3, -0.25) is 0 Å². The van der Waals surface area contributed by atoms with Gasteiger partial charge in [-0.1, -0.05) is 11.6 Å². The highest BCUT2D eigenvalue weighted by atomic mass is 127. The molecule has 1 N–H and O–H groups in total. The summed E-state index contributed by atoms with van der Waals surface area (Å²) in [6.45, 7) is 0. The smallest absolute Gasteiger partial charge is 0.329 e. The SMILES string of the molecule is CN(c1ccc(Cl)cc1)c1nc(Nc2ccc(I)cc2)ncc1C(F)(F)F. The average molecular weight is 505 g/mol. The molecule has 0 aliphatic rings. The Balaban J connectivity index is 2.00. The Morgan fingerprint density at radius 2 is 1.67 bits per heavy atom. The van der Waals surface area contributed by atoms with Gasteiger partial charge in [-0.05, 0) is 71.1 Å². The van der Waals surface area contributed by atoms with Crippen molar-refractivity contribution in [2.24, 2.45) is 0 Å². The second-order valence-electron chi connectivity index (χ2n) is 5.60. The van der Waals surface area contributed by atoms with E-state index in [1.165, 1.54) is 11.9 Å². The summed E-state index contributed by atoms with van der Waals surface area (Å²) < 4.78 is 41.4. The van der Waals surface area contributed by atoms with Gasteiger partial charge in [0.15, 0.2) is 5.82 Å². The Bertz CT molecular complexity index is 931. The molecule has 0 bridgehead atoms. The number of aromatic nitrogens is 2. The third-order valence-corrected chi connectivity index (χ3v) is 4.68. The van der Waals surface area contributed by atoms with Gasteiger partial charge in [0.2, 0.25) is 5.95 Å².